The van der Waals surface area contributed by atoms with Gasteiger partial charge in [0.05, 0.1) is 6.54 Å². The van der Waals surface area contributed by atoms with E-state index in [1.165, 1.54) is 19.3 Å². The van der Waals surface area contributed by atoms with Crippen molar-refractivity contribution in [2.45, 2.75) is 31.7 Å². The molecule has 2 aromatic rings. The number of benzene rings is 1. The predicted octanol–water partition coefficient (Wildman–Crippen LogP) is 2.24. The Labute approximate surface area is 112 Å². The highest BCUT2D eigenvalue weighted by Crippen LogP contribution is 2.62. The molecule has 1 heterocycles. The van der Waals surface area contributed by atoms with E-state index in [-0.39, 0.29) is 0 Å². The molecule has 2 unspecified atom stereocenters. The van der Waals surface area contributed by atoms with Gasteiger partial charge in [-0.3, -0.25) is 4.57 Å². The van der Waals surface area contributed by atoms with E-state index in [9.17, 15) is 0 Å². The maximum Gasteiger partial charge on any atom is 0.151 e. The fourth-order valence-electron chi connectivity index (χ4n) is 3.74. The Bertz CT molecular complexity index is 579. The summed E-state index contributed by atoms with van der Waals surface area (Å²) in [5, 5.41) is 8.73. The van der Waals surface area contributed by atoms with Gasteiger partial charge in [0.2, 0.25) is 0 Å². The van der Waals surface area contributed by atoms with Crippen molar-refractivity contribution < 1.29 is 0 Å². The lowest BCUT2D eigenvalue weighted by atomic mass is 10.1. The molecule has 4 nitrogen and oxygen atoms in total. The largest absolute Gasteiger partial charge is 0.324 e. The van der Waals surface area contributed by atoms with E-state index in [4.69, 9.17) is 5.73 Å². The zero-order valence-electron chi connectivity index (χ0n) is 10.9. The summed E-state index contributed by atoms with van der Waals surface area (Å²) in [6.45, 7) is 0.434. The molecule has 2 aliphatic rings. The Morgan fingerprint density at radius 3 is 2.53 bits per heavy atom. The Kier molecular flexibility index (Phi) is 2.45. The number of aromatic nitrogens is 3. The highest BCUT2D eigenvalue weighted by Gasteiger charge is 2.55. The lowest BCUT2D eigenvalue weighted by molar-refractivity contribution is 0.646. The van der Waals surface area contributed by atoms with Crippen LogP contribution in [0.15, 0.2) is 30.3 Å². The van der Waals surface area contributed by atoms with E-state index < -0.39 is 0 Å². The molecule has 0 radical (unpaired) electrons. The summed E-state index contributed by atoms with van der Waals surface area (Å²) in [6, 6.07) is 10.3. The minimum Gasteiger partial charge on any atom is -0.324 e. The molecular formula is C15H18N4. The van der Waals surface area contributed by atoms with Gasteiger partial charge in [-0.1, -0.05) is 24.6 Å². The first kappa shape index (κ1) is 11.2. The van der Waals surface area contributed by atoms with Gasteiger partial charge < -0.3 is 5.73 Å². The van der Waals surface area contributed by atoms with E-state index in [2.05, 4.69) is 26.9 Å². The second kappa shape index (κ2) is 4.17. The summed E-state index contributed by atoms with van der Waals surface area (Å²) < 4.78 is 2.17. The van der Waals surface area contributed by atoms with Crippen molar-refractivity contribution in [2.75, 3.05) is 0 Å². The van der Waals surface area contributed by atoms with E-state index >= 15 is 0 Å². The van der Waals surface area contributed by atoms with E-state index in [1.54, 1.807) is 0 Å². The SMILES string of the molecule is NCc1nnc(C2C3CCCC32)n1-c1ccccc1. The quantitative estimate of drug-likeness (QED) is 0.914. The van der Waals surface area contributed by atoms with Crippen LogP contribution < -0.4 is 5.73 Å². The second-order valence-electron chi connectivity index (χ2n) is 5.63. The molecule has 0 amide bonds. The van der Waals surface area contributed by atoms with Gasteiger partial charge in [-0.15, -0.1) is 10.2 Å². The molecule has 4 heteroatoms. The molecule has 98 valence electrons. The highest BCUT2D eigenvalue weighted by molar-refractivity contribution is 5.36. The number of nitrogens with zero attached hydrogens (tertiary/aromatic N) is 3. The first-order chi connectivity index (χ1) is 9.40. The first-order valence-corrected chi connectivity index (χ1v) is 7.10. The smallest absolute Gasteiger partial charge is 0.151 e. The van der Waals surface area contributed by atoms with Crippen LogP contribution in [0.4, 0.5) is 0 Å². The Morgan fingerprint density at radius 1 is 1.11 bits per heavy atom. The molecule has 1 aromatic carbocycles. The van der Waals surface area contributed by atoms with Gasteiger partial charge in [0, 0.05) is 11.6 Å². The van der Waals surface area contributed by atoms with E-state index in [1.807, 2.05) is 18.2 Å². The molecule has 2 aliphatic carbocycles. The van der Waals surface area contributed by atoms with Gasteiger partial charge in [-0.25, -0.2) is 0 Å². The molecule has 2 fully saturated rings. The third-order valence-corrected chi connectivity index (χ3v) is 4.66. The summed E-state index contributed by atoms with van der Waals surface area (Å²) in [5.74, 6) is 4.30. The van der Waals surface area contributed by atoms with Crippen LogP contribution in [0.2, 0.25) is 0 Å². The van der Waals surface area contributed by atoms with Crippen LogP contribution in [0.5, 0.6) is 0 Å². The van der Waals surface area contributed by atoms with Crippen LogP contribution in [0.1, 0.15) is 36.8 Å². The average Bonchev–Trinajstić information content (AvgIpc) is 2.87. The molecule has 0 aliphatic heterocycles. The summed E-state index contributed by atoms with van der Waals surface area (Å²) in [4.78, 5) is 0. The van der Waals surface area contributed by atoms with Crippen LogP contribution in [0.25, 0.3) is 5.69 Å². The topological polar surface area (TPSA) is 56.7 Å². The molecule has 2 saturated carbocycles. The second-order valence-corrected chi connectivity index (χ2v) is 5.63. The average molecular weight is 254 g/mol. The fourth-order valence-corrected chi connectivity index (χ4v) is 3.74. The number of hydrogen-bond acceptors (Lipinski definition) is 3. The molecule has 2 atom stereocenters. The summed E-state index contributed by atoms with van der Waals surface area (Å²) in [5.41, 5.74) is 6.95. The van der Waals surface area contributed by atoms with Crippen molar-refractivity contribution in [1.29, 1.82) is 0 Å². The van der Waals surface area contributed by atoms with Crippen molar-refractivity contribution >= 4 is 0 Å². The lowest BCUT2D eigenvalue weighted by Gasteiger charge is -2.10. The van der Waals surface area contributed by atoms with Gasteiger partial charge in [-0.2, -0.15) is 0 Å². The van der Waals surface area contributed by atoms with Crippen molar-refractivity contribution in [3.8, 4) is 5.69 Å². The van der Waals surface area contributed by atoms with Crippen molar-refractivity contribution in [1.82, 2.24) is 14.8 Å². The molecule has 1 aromatic heterocycles. The zero-order chi connectivity index (χ0) is 12.8. The third-order valence-electron chi connectivity index (χ3n) is 4.66. The summed E-state index contributed by atoms with van der Waals surface area (Å²) >= 11 is 0. The first-order valence-electron chi connectivity index (χ1n) is 7.10. The van der Waals surface area contributed by atoms with Crippen LogP contribution in [0.3, 0.4) is 0 Å². The van der Waals surface area contributed by atoms with Gasteiger partial charge in [-0.05, 0) is 36.8 Å². The Balaban J connectivity index is 1.78. The van der Waals surface area contributed by atoms with Gasteiger partial charge in [0.25, 0.3) is 0 Å². The molecule has 0 spiro atoms. The standard InChI is InChI=1S/C15H18N4/c16-9-13-17-18-15(14-11-7-4-8-12(11)14)19(13)10-5-2-1-3-6-10/h1-3,5-6,11-12,14H,4,7-9,16H2. The Hall–Kier alpha value is -1.68. The minimum absolute atomic E-state index is 0.434. The number of nitrogens with two attached hydrogens (primary N) is 1. The molecular weight excluding hydrogens is 236 g/mol. The Morgan fingerprint density at radius 2 is 1.84 bits per heavy atom. The minimum atomic E-state index is 0.434. The van der Waals surface area contributed by atoms with Gasteiger partial charge >= 0.3 is 0 Å². The molecule has 2 N–H and O–H groups in total. The predicted molar refractivity (Wildman–Crippen MR) is 72.8 cm³/mol. The van der Waals surface area contributed by atoms with Crippen LogP contribution in [-0.2, 0) is 6.54 Å². The lowest BCUT2D eigenvalue weighted by Crippen LogP contribution is -2.09. The van der Waals surface area contributed by atoms with Crippen molar-refractivity contribution in [3.05, 3.63) is 42.0 Å². The molecule has 0 saturated heterocycles. The van der Waals surface area contributed by atoms with Crippen LogP contribution in [0, 0.1) is 11.8 Å². The number of para-hydroxylation sites is 1. The van der Waals surface area contributed by atoms with E-state index in [0.29, 0.717) is 12.5 Å². The van der Waals surface area contributed by atoms with Crippen molar-refractivity contribution in [3.63, 3.8) is 0 Å². The van der Waals surface area contributed by atoms with Crippen LogP contribution >= 0.6 is 0 Å². The normalized spacial score (nSPS) is 28.4. The maximum atomic E-state index is 5.81. The van der Waals surface area contributed by atoms with Gasteiger partial charge in [0.1, 0.15) is 5.82 Å². The summed E-state index contributed by atoms with van der Waals surface area (Å²) in [7, 11) is 0. The third kappa shape index (κ3) is 1.63. The van der Waals surface area contributed by atoms with E-state index in [0.717, 1.165) is 29.2 Å². The zero-order valence-corrected chi connectivity index (χ0v) is 10.9. The molecule has 4 rings (SSSR count). The highest BCUT2D eigenvalue weighted by atomic mass is 15.3. The number of hydrogen-bond donors (Lipinski definition) is 1. The molecule has 0 bridgehead atoms. The number of fused-ring (bicyclic) bond motifs is 1. The van der Waals surface area contributed by atoms with Gasteiger partial charge in [0.15, 0.2) is 5.82 Å². The fraction of sp³-hybridized carbons (Fsp3) is 0.467. The number of rotatable bonds is 3. The summed E-state index contributed by atoms with van der Waals surface area (Å²) in [6.07, 6.45) is 4.10. The van der Waals surface area contributed by atoms with Crippen LogP contribution in [-0.4, -0.2) is 14.8 Å². The molecule has 19 heavy (non-hydrogen) atoms. The van der Waals surface area contributed by atoms with Crippen molar-refractivity contribution in [2.24, 2.45) is 17.6 Å². The monoisotopic (exact) mass is 254 g/mol. The maximum absolute atomic E-state index is 5.81.